The van der Waals surface area contributed by atoms with Gasteiger partial charge in [-0.05, 0) is 79.2 Å². The largest absolute Gasteiger partial charge is 0.496 e. The highest BCUT2D eigenvalue weighted by Crippen LogP contribution is 2.59. The lowest BCUT2D eigenvalue weighted by atomic mass is 9.55. The van der Waals surface area contributed by atoms with Crippen molar-refractivity contribution in [3.8, 4) is 11.5 Å². The number of hydrogen-bond donors (Lipinski definition) is 0. The summed E-state index contributed by atoms with van der Waals surface area (Å²) in [5, 5.41) is 0. The lowest BCUT2D eigenvalue weighted by Crippen LogP contribution is -2.42. The molecule has 29 heavy (non-hydrogen) atoms. The van der Waals surface area contributed by atoms with Crippen LogP contribution in [0.2, 0.25) is 0 Å². The second-order valence-electron chi connectivity index (χ2n) is 9.29. The minimum Gasteiger partial charge on any atom is -0.496 e. The fourth-order valence-electron chi connectivity index (χ4n) is 6.40. The van der Waals surface area contributed by atoms with E-state index in [0.29, 0.717) is 30.1 Å². The molecule has 0 aliphatic heterocycles. The number of carbonyl (C=O) groups is 1. The third-order valence-corrected chi connectivity index (χ3v) is 7.99. The Morgan fingerprint density at radius 1 is 1.07 bits per heavy atom. The van der Waals surface area contributed by atoms with Crippen molar-refractivity contribution in [1.82, 2.24) is 0 Å². The van der Waals surface area contributed by atoms with Gasteiger partial charge in [0.25, 0.3) is 0 Å². The minimum atomic E-state index is -0.0452. The smallest absolute Gasteiger partial charge is 0.139 e. The first-order valence-electron chi connectivity index (χ1n) is 11.0. The number of rotatable bonds is 4. The lowest BCUT2D eigenvalue weighted by Gasteiger charge is -2.48. The molecule has 2 saturated carbocycles. The molecule has 0 amide bonds. The molecule has 0 aromatic heterocycles. The molecule has 0 bridgehead atoms. The number of carbonyl (C=O) groups excluding carboxylic acids is 1. The van der Waals surface area contributed by atoms with Crippen LogP contribution in [0.15, 0.2) is 42.5 Å². The zero-order valence-electron chi connectivity index (χ0n) is 17.4. The van der Waals surface area contributed by atoms with E-state index in [2.05, 4.69) is 25.1 Å². The highest BCUT2D eigenvalue weighted by molar-refractivity contribution is 5.87. The van der Waals surface area contributed by atoms with Gasteiger partial charge in [0.05, 0.1) is 7.11 Å². The van der Waals surface area contributed by atoms with E-state index in [1.54, 1.807) is 7.11 Å². The van der Waals surface area contributed by atoms with Crippen molar-refractivity contribution in [2.75, 3.05) is 7.11 Å². The Bertz CT molecular complexity index is 933. The first-order chi connectivity index (χ1) is 14.1. The summed E-state index contributed by atoms with van der Waals surface area (Å²) in [4.78, 5) is 12.5. The number of methoxy groups -OCH3 is 1. The van der Waals surface area contributed by atoms with Crippen molar-refractivity contribution in [2.45, 2.75) is 58.0 Å². The zero-order chi connectivity index (χ0) is 20.0. The summed E-state index contributed by atoms with van der Waals surface area (Å²) in [7, 11) is 1.70. The van der Waals surface area contributed by atoms with E-state index in [1.807, 2.05) is 24.3 Å². The van der Waals surface area contributed by atoms with Gasteiger partial charge in [-0.25, -0.2) is 0 Å². The monoisotopic (exact) mass is 390 g/mol. The summed E-state index contributed by atoms with van der Waals surface area (Å²) >= 11 is 0. The van der Waals surface area contributed by atoms with Gasteiger partial charge in [0.2, 0.25) is 0 Å². The Hall–Kier alpha value is -2.29. The van der Waals surface area contributed by atoms with Gasteiger partial charge in [0, 0.05) is 17.4 Å². The van der Waals surface area contributed by atoms with Gasteiger partial charge >= 0.3 is 0 Å². The fraction of sp³-hybridized carbons (Fsp3) is 0.500. The van der Waals surface area contributed by atoms with Crippen LogP contribution in [0.5, 0.6) is 11.5 Å². The molecule has 3 nitrogen and oxygen atoms in total. The Labute approximate surface area is 173 Å². The maximum atomic E-state index is 12.5. The van der Waals surface area contributed by atoms with Gasteiger partial charge in [-0.3, -0.25) is 4.79 Å². The number of benzene rings is 2. The van der Waals surface area contributed by atoms with Crippen molar-refractivity contribution in [2.24, 2.45) is 17.3 Å². The Morgan fingerprint density at radius 3 is 2.79 bits per heavy atom. The van der Waals surface area contributed by atoms with Crippen LogP contribution in [-0.2, 0) is 17.8 Å². The second-order valence-corrected chi connectivity index (χ2v) is 9.29. The lowest BCUT2D eigenvalue weighted by molar-refractivity contribution is -0.129. The number of aryl methyl sites for hydroxylation is 1. The highest BCUT2D eigenvalue weighted by atomic mass is 16.5. The van der Waals surface area contributed by atoms with E-state index in [0.717, 1.165) is 49.2 Å². The number of para-hydroxylation sites is 1. The normalized spacial score (nSPS) is 30.3. The van der Waals surface area contributed by atoms with Crippen LogP contribution in [0.1, 0.15) is 61.6 Å². The summed E-state index contributed by atoms with van der Waals surface area (Å²) in [6.45, 7) is 2.75. The van der Waals surface area contributed by atoms with Crippen LogP contribution in [0.4, 0.5) is 0 Å². The fourth-order valence-corrected chi connectivity index (χ4v) is 6.40. The summed E-state index contributed by atoms with van der Waals surface area (Å²) in [5.41, 5.74) is 3.96. The molecular formula is C26H30O3. The quantitative estimate of drug-likeness (QED) is 0.672. The maximum Gasteiger partial charge on any atom is 0.139 e. The van der Waals surface area contributed by atoms with Gasteiger partial charge < -0.3 is 9.47 Å². The number of fused-ring (bicyclic) bond motifs is 5. The van der Waals surface area contributed by atoms with Crippen molar-refractivity contribution >= 4 is 5.78 Å². The molecule has 3 heteroatoms. The van der Waals surface area contributed by atoms with Crippen molar-refractivity contribution in [3.63, 3.8) is 0 Å². The average Bonchev–Trinajstić information content (AvgIpc) is 3.06. The number of ether oxygens (including phenoxy) is 2. The third kappa shape index (κ3) is 3.06. The number of ketones is 1. The van der Waals surface area contributed by atoms with E-state index in [1.165, 1.54) is 17.5 Å². The van der Waals surface area contributed by atoms with Gasteiger partial charge in [-0.2, -0.15) is 0 Å². The molecule has 2 fully saturated rings. The van der Waals surface area contributed by atoms with Gasteiger partial charge in [-0.15, -0.1) is 0 Å². The SMILES string of the molecule is COc1ccccc1COc1ccc2c(c1)CC[C@@H]1[C@@H]2CC[C@]2(C)C(=O)CC[C@@H]12. The summed E-state index contributed by atoms with van der Waals surface area (Å²) in [6.07, 6.45) is 6.42. The van der Waals surface area contributed by atoms with E-state index in [9.17, 15) is 4.79 Å². The summed E-state index contributed by atoms with van der Waals surface area (Å²) in [6, 6.07) is 14.7. The summed E-state index contributed by atoms with van der Waals surface area (Å²) < 4.78 is 11.5. The first kappa shape index (κ1) is 18.7. The Kier molecular flexibility index (Phi) is 4.64. The van der Waals surface area contributed by atoms with Crippen LogP contribution in [0.3, 0.4) is 0 Å². The number of hydrogen-bond acceptors (Lipinski definition) is 3. The molecular weight excluding hydrogens is 360 g/mol. The molecule has 0 spiro atoms. The zero-order valence-corrected chi connectivity index (χ0v) is 17.4. The standard InChI is InChI=1S/C26H30O3/c1-26-14-13-21-20-10-8-19(29-16-18-5-3-4-6-24(18)28-2)15-17(20)7-9-22(21)23(26)11-12-25(26)27/h3-6,8,10,15,21-23H,7,9,11-14,16H2,1-2H3/t21-,22-,23+,26+/m1/s1. The van der Waals surface area contributed by atoms with Crippen molar-refractivity contribution < 1.29 is 14.3 Å². The molecule has 3 aliphatic rings. The molecule has 4 atom stereocenters. The van der Waals surface area contributed by atoms with Gasteiger partial charge in [0.1, 0.15) is 23.9 Å². The van der Waals surface area contributed by atoms with Gasteiger partial charge in [-0.1, -0.05) is 31.2 Å². The first-order valence-corrected chi connectivity index (χ1v) is 11.0. The predicted molar refractivity (Wildman–Crippen MR) is 113 cm³/mol. The second kappa shape index (κ2) is 7.19. The predicted octanol–water partition coefficient (Wildman–Crippen LogP) is 5.70. The number of Topliss-reactive ketones (excluding diaryl/α,β-unsaturated/α-hetero) is 1. The van der Waals surface area contributed by atoms with Crippen LogP contribution >= 0.6 is 0 Å². The Balaban J connectivity index is 1.34. The molecule has 3 aliphatic carbocycles. The van der Waals surface area contributed by atoms with Crippen LogP contribution in [-0.4, -0.2) is 12.9 Å². The molecule has 152 valence electrons. The average molecular weight is 391 g/mol. The van der Waals surface area contributed by atoms with Crippen molar-refractivity contribution in [3.05, 3.63) is 59.2 Å². The van der Waals surface area contributed by atoms with Crippen LogP contribution in [0, 0.1) is 17.3 Å². The maximum absolute atomic E-state index is 12.5. The van der Waals surface area contributed by atoms with E-state index < -0.39 is 0 Å². The molecule has 5 rings (SSSR count). The highest BCUT2D eigenvalue weighted by Gasteiger charge is 2.54. The van der Waals surface area contributed by atoms with E-state index >= 15 is 0 Å². The van der Waals surface area contributed by atoms with E-state index in [4.69, 9.17) is 9.47 Å². The summed E-state index contributed by atoms with van der Waals surface area (Å²) in [5.74, 6) is 4.20. The molecule has 0 saturated heterocycles. The molecule has 2 aromatic carbocycles. The molecule has 0 heterocycles. The van der Waals surface area contributed by atoms with Crippen LogP contribution < -0.4 is 9.47 Å². The van der Waals surface area contributed by atoms with Gasteiger partial charge in [0.15, 0.2) is 0 Å². The van der Waals surface area contributed by atoms with E-state index in [-0.39, 0.29) is 5.41 Å². The third-order valence-electron chi connectivity index (χ3n) is 7.99. The molecule has 0 N–H and O–H groups in total. The molecule has 0 unspecified atom stereocenters. The molecule has 2 aromatic rings. The molecule has 0 radical (unpaired) electrons. The van der Waals surface area contributed by atoms with Crippen molar-refractivity contribution in [1.29, 1.82) is 0 Å². The minimum absolute atomic E-state index is 0.0452. The van der Waals surface area contributed by atoms with Crippen LogP contribution in [0.25, 0.3) is 0 Å². The Morgan fingerprint density at radius 2 is 1.93 bits per heavy atom. The topological polar surface area (TPSA) is 35.5 Å².